The molecule has 1 atom stereocenters. The van der Waals surface area contributed by atoms with Gasteiger partial charge in [0.2, 0.25) is 0 Å². The highest BCUT2D eigenvalue weighted by Gasteiger charge is 2.32. The minimum atomic E-state index is -0.0695. The van der Waals surface area contributed by atoms with Crippen LogP contribution in [0.25, 0.3) is 10.9 Å². The van der Waals surface area contributed by atoms with E-state index < -0.39 is 0 Å². The molecule has 5 rings (SSSR count). The lowest BCUT2D eigenvalue weighted by Crippen LogP contribution is -2.34. The van der Waals surface area contributed by atoms with Gasteiger partial charge in [-0.1, -0.05) is 12.1 Å². The Morgan fingerprint density at radius 2 is 1.90 bits per heavy atom. The molecule has 1 aliphatic heterocycles. The van der Waals surface area contributed by atoms with Crippen LogP contribution < -0.4 is 11.1 Å². The van der Waals surface area contributed by atoms with E-state index in [1.165, 1.54) is 17.5 Å². The molecule has 3 heterocycles. The van der Waals surface area contributed by atoms with Gasteiger partial charge in [0.1, 0.15) is 5.82 Å². The van der Waals surface area contributed by atoms with Crippen LogP contribution in [0.1, 0.15) is 43.1 Å². The summed E-state index contributed by atoms with van der Waals surface area (Å²) in [4.78, 5) is 33.0. The molecule has 0 spiro atoms. The van der Waals surface area contributed by atoms with E-state index in [1.54, 1.807) is 19.3 Å². The highest BCUT2D eigenvalue weighted by atomic mass is 16.1. The molecular formula is C22H25N5O2. The number of likely N-dealkylation sites (tertiary alicyclic amines) is 1. The largest absolute Gasteiger partial charge is 0.295 e. The van der Waals surface area contributed by atoms with Gasteiger partial charge in [0, 0.05) is 31.9 Å². The van der Waals surface area contributed by atoms with E-state index in [4.69, 9.17) is 4.98 Å². The van der Waals surface area contributed by atoms with Gasteiger partial charge in [-0.25, -0.2) is 9.67 Å². The first-order valence-corrected chi connectivity index (χ1v) is 10.4. The molecule has 0 N–H and O–H groups in total. The standard InChI is InChI=1S/C22H25N5O2/c1-25-21(28)16(10-11-23-25)14-26-12-4-7-19(26)20-24-18-6-3-2-5-17(18)22(29)27(20)13-15-8-9-15/h2-3,5-6,10-11,15,19H,4,7-9,12-14H2,1H3. The van der Waals surface area contributed by atoms with E-state index in [9.17, 15) is 9.59 Å². The van der Waals surface area contributed by atoms with Gasteiger partial charge in [0.15, 0.2) is 0 Å². The van der Waals surface area contributed by atoms with Crippen LogP contribution in [0.4, 0.5) is 0 Å². The fraction of sp³-hybridized carbons (Fsp3) is 0.455. The SMILES string of the molecule is Cn1nccc(CN2CCCC2c2nc3ccccc3c(=O)n2CC2CC2)c1=O. The summed E-state index contributed by atoms with van der Waals surface area (Å²) >= 11 is 0. The number of aryl methyl sites for hydroxylation is 1. The average molecular weight is 391 g/mol. The lowest BCUT2D eigenvalue weighted by Gasteiger charge is -2.26. The summed E-state index contributed by atoms with van der Waals surface area (Å²) in [5.41, 5.74) is 1.47. The van der Waals surface area contributed by atoms with E-state index in [2.05, 4.69) is 10.00 Å². The van der Waals surface area contributed by atoms with Crippen LogP contribution in [-0.4, -0.2) is 30.8 Å². The number of benzene rings is 1. The smallest absolute Gasteiger partial charge is 0.270 e. The van der Waals surface area contributed by atoms with Gasteiger partial charge in [-0.15, -0.1) is 0 Å². The maximum atomic E-state index is 13.3. The van der Waals surface area contributed by atoms with Crippen molar-refractivity contribution in [3.8, 4) is 0 Å². The zero-order valence-corrected chi connectivity index (χ0v) is 16.6. The molecule has 1 aromatic carbocycles. The van der Waals surface area contributed by atoms with E-state index in [0.717, 1.165) is 42.8 Å². The number of hydrogen-bond donors (Lipinski definition) is 0. The first kappa shape index (κ1) is 18.2. The number of nitrogens with zero attached hydrogens (tertiary/aromatic N) is 5. The minimum Gasteiger partial charge on any atom is -0.295 e. The molecule has 1 unspecified atom stereocenters. The Kier molecular flexibility index (Phi) is 4.54. The number of rotatable bonds is 5. The zero-order valence-electron chi connectivity index (χ0n) is 16.6. The van der Waals surface area contributed by atoms with E-state index in [1.807, 2.05) is 28.8 Å². The Morgan fingerprint density at radius 1 is 1.07 bits per heavy atom. The van der Waals surface area contributed by atoms with Crippen molar-refractivity contribution in [2.24, 2.45) is 13.0 Å². The van der Waals surface area contributed by atoms with Crippen LogP contribution in [0.3, 0.4) is 0 Å². The fourth-order valence-electron chi connectivity index (χ4n) is 4.38. The Bertz CT molecular complexity index is 1180. The van der Waals surface area contributed by atoms with Crippen LogP contribution >= 0.6 is 0 Å². The van der Waals surface area contributed by atoms with Gasteiger partial charge in [-0.05, 0) is 56.3 Å². The number of aromatic nitrogens is 4. The molecule has 0 amide bonds. The lowest BCUT2D eigenvalue weighted by molar-refractivity contribution is 0.230. The third-order valence-corrected chi connectivity index (χ3v) is 6.15. The molecule has 2 aliphatic rings. The molecule has 2 fully saturated rings. The summed E-state index contributed by atoms with van der Waals surface area (Å²) in [7, 11) is 1.67. The molecule has 29 heavy (non-hydrogen) atoms. The number of para-hydroxylation sites is 1. The quantitative estimate of drug-likeness (QED) is 0.667. The van der Waals surface area contributed by atoms with Crippen molar-refractivity contribution in [3.63, 3.8) is 0 Å². The van der Waals surface area contributed by atoms with E-state index in [-0.39, 0.29) is 17.2 Å². The fourth-order valence-corrected chi connectivity index (χ4v) is 4.38. The molecule has 0 bridgehead atoms. The molecule has 1 saturated heterocycles. The molecule has 1 saturated carbocycles. The predicted octanol–water partition coefficient (Wildman–Crippen LogP) is 2.24. The second kappa shape index (κ2) is 7.22. The Hall–Kier alpha value is -2.80. The Morgan fingerprint density at radius 3 is 2.72 bits per heavy atom. The normalized spacial score (nSPS) is 19.8. The van der Waals surface area contributed by atoms with Crippen LogP contribution in [0, 0.1) is 5.92 Å². The molecule has 0 radical (unpaired) electrons. The predicted molar refractivity (Wildman–Crippen MR) is 111 cm³/mol. The van der Waals surface area contributed by atoms with Gasteiger partial charge in [-0.2, -0.15) is 5.10 Å². The molecule has 150 valence electrons. The van der Waals surface area contributed by atoms with Gasteiger partial charge >= 0.3 is 0 Å². The maximum absolute atomic E-state index is 13.3. The summed E-state index contributed by atoms with van der Waals surface area (Å²) in [5, 5.41) is 4.70. The first-order valence-electron chi connectivity index (χ1n) is 10.4. The van der Waals surface area contributed by atoms with Gasteiger partial charge in [0.05, 0.1) is 16.9 Å². The van der Waals surface area contributed by atoms with Crippen LogP contribution in [0.15, 0.2) is 46.1 Å². The topological polar surface area (TPSA) is 73.0 Å². The second-order valence-corrected chi connectivity index (χ2v) is 8.26. The van der Waals surface area contributed by atoms with Crippen LogP contribution in [-0.2, 0) is 20.1 Å². The molecule has 2 aromatic heterocycles. The molecule has 7 heteroatoms. The van der Waals surface area contributed by atoms with Crippen molar-refractivity contribution in [2.45, 2.75) is 44.8 Å². The maximum Gasteiger partial charge on any atom is 0.270 e. The van der Waals surface area contributed by atoms with Crippen molar-refractivity contribution in [1.82, 2.24) is 24.2 Å². The lowest BCUT2D eigenvalue weighted by atomic mass is 10.1. The first-order chi connectivity index (χ1) is 14.1. The number of fused-ring (bicyclic) bond motifs is 1. The molecular weight excluding hydrogens is 366 g/mol. The van der Waals surface area contributed by atoms with Crippen molar-refractivity contribution in [2.75, 3.05) is 6.54 Å². The average Bonchev–Trinajstić information content (AvgIpc) is 3.43. The third kappa shape index (κ3) is 3.40. The van der Waals surface area contributed by atoms with Gasteiger partial charge in [0.25, 0.3) is 11.1 Å². The highest BCUT2D eigenvalue weighted by Crippen LogP contribution is 2.35. The van der Waals surface area contributed by atoms with Crippen LogP contribution in [0.5, 0.6) is 0 Å². The monoisotopic (exact) mass is 391 g/mol. The number of hydrogen-bond acceptors (Lipinski definition) is 5. The second-order valence-electron chi connectivity index (χ2n) is 8.26. The third-order valence-electron chi connectivity index (χ3n) is 6.15. The van der Waals surface area contributed by atoms with Gasteiger partial charge in [-0.3, -0.25) is 19.1 Å². The van der Waals surface area contributed by atoms with Crippen molar-refractivity contribution in [1.29, 1.82) is 0 Å². The van der Waals surface area contributed by atoms with Crippen LogP contribution in [0.2, 0.25) is 0 Å². The van der Waals surface area contributed by atoms with E-state index >= 15 is 0 Å². The van der Waals surface area contributed by atoms with Gasteiger partial charge < -0.3 is 0 Å². The molecule has 3 aromatic rings. The summed E-state index contributed by atoms with van der Waals surface area (Å²) < 4.78 is 3.28. The summed E-state index contributed by atoms with van der Waals surface area (Å²) in [6.45, 7) is 2.18. The highest BCUT2D eigenvalue weighted by molar-refractivity contribution is 5.77. The Labute approximate surface area is 168 Å². The van der Waals surface area contributed by atoms with Crippen molar-refractivity contribution in [3.05, 3.63) is 68.6 Å². The molecule has 7 nitrogen and oxygen atoms in total. The Balaban J connectivity index is 1.57. The van der Waals surface area contributed by atoms with Crippen molar-refractivity contribution < 1.29 is 0 Å². The zero-order chi connectivity index (χ0) is 20.0. The molecule has 1 aliphatic carbocycles. The summed E-state index contributed by atoms with van der Waals surface area (Å²) in [5.74, 6) is 1.43. The minimum absolute atomic E-state index is 0.0453. The summed E-state index contributed by atoms with van der Waals surface area (Å²) in [6, 6.07) is 9.45. The van der Waals surface area contributed by atoms with Crippen molar-refractivity contribution >= 4 is 10.9 Å². The van der Waals surface area contributed by atoms with E-state index in [0.29, 0.717) is 17.8 Å². The summed E-state index contributed by atoms with van der Waals surface area (Å²) in [6.07, 6.45) is 6.00.